The van der Waals surface area contributed by atoms with Crippen LogP contribution in [0.4, 0.5) is 0 Å². The second-order valence-electron chi connectivity index (χ2n) is 5.21. The minimum absolute atomic E-state index is 0.0150. The third-order valence-corrected chi connectivity index (χ3v) is 6.21. The van der Waals surface area contributed by atoms with Gasteiger partial charge in [-0.05, 0) is 30.6 Å². The quantitative estimate of drug-likeness (QED) is 0.583. The van der Waals surface area contributed by atoms with E-state index < -0.39 is 0 Å². The van der Waals surface area contributed by atoms with Crippen LogP contribution in [0.2, 0.25) is 0 Å². The lowest BCUT2D eigenvalue weighted by Crippen LogP contribution is -2.49. The number of carbonyl (C=O) groups excluding carboxylic acids is 1. The number of halogens is 1. The van der Waals surface area contributed by atoms with E-state index in [0.717, 1.165) is 12.8 Å². The molecule has 0 heterocycles. The lowest BCUT2D eigenvalue weighted by molar-refractivity contribution is -0.126. The highest BCUT2D eigenvalue weighted by atomic mass is 79.9. The molecule has 0 unspecified atom stereocenters. The van der Waals surface area contributed by atoms with E-state index in [1.807, 2.05) is 0 Å². The van der Waals surface area contributed by atoms with E-state index in [0.29, 0.717) is 17.1 Å². The van der Waals surface area contributed by atoms with Crippen molar-refractivity contribution in [2.75, 3.05) is 0 Å². The number of ketones is 1. The molecule has 4 bridgehead atoms. The van der Waals surface area contributed by atoms with Crippen molar-refractivity contribution in [2.45, 2.75) is 37.4 Å². The lowest BCUT2D eigenvalue weighted by Gasteiger charge is -2.48. The van der Waals surface area contributed by atoms with Gasteiger partial charge in [0.1, 0.15) is 0 Å². The van der Waals surface area contributed by atoms with Crippen molar-refractivity contribution < 1.29 is 4.79 Å². The van der Waals surface area contributed by atoms with Crippen molar-refractivity contribution in [1.29, 1.82) is 0 Å². The molecule has 2 heteroatoms. The molecule has 0 aromatic heterocycles. The zero-order valence-corrected chi connectivity index (χ0v) is 9.07. The molecular weight excluding hydrogens is 216 g/mol. The SMILES string of the molecule is C[C@@]12CC[C@H]3[C@]1(C)C[C@]3(Br)C2=O. The Balaban J connectivity index is 2.24. The molecule has 12 heavy (non-hydrogen) atoms. The van der Waals surface area contributed by atoms with E-state index in [-0.39, 0.29) is 9.74 Å². The smallest absolute Gasteiger partial charge is 0.156 e. The summed E-state index contributed by atoms with van der Waals surface area (Å²) < 4.78 is -0.0885. The van der Waals surface area contributed by atoms with E-state index in [1.54, 1.807) is 0 Å². The fraction of sp³-hybridized carbons (Fsp3) is 0.900. The summed E-state index contributed by atoms with van der Waals surface area (Å²) in [5, 5.41) is 0. The van der Waals surface area contributed by atoms with Gasteiger partial charge in [-0.1, -0.05) is 29.8 Å². The molecule has 4 aliphatic rings. The van der Waals surface area contributed by atoms with Crippen LogP contribution in [0, 0.1) is 16.7 Å². The highest BCUT2D eigenvalue weighted by Gasteiger charge is 2.82. The molecule has 0 aliphatic heterocycles. The van der Waals surface area contributed by atoms with Gasteiger partial charge in [-0.2, -0.15) is 0 Å². The molecule has 4 fully saturated rings. The Morgan fingerprint density at radius 2 is 2.17 bits per heavy atom. The van der Waals surface area contributed by atoms with Gasteiger partial charge in [-0.25, -0.2) is 0 Å². The number of rotatable bonds is 0. The molecule has 0 saturated heterocycles. The molecule has 1 nitrogen and oxygen atoms in total. The first-order chi connectivity index (χ1) is 5.45. The molecule has 4 aliphatic carbocycles. The summed E-state index contributed by atoms with van der Waals surface area (Å²) >= 11 is 3.65. The maximum Gasteiger partial charge on any atom is 0.156 e. The molecule has 0 amide bonds. The molecule has 0 aromatic rings. The van der Waals surface area contributed by atoms with E-state index >= 15 is 0 Å². The Morgan fingerprint density at radius 1 is 1.50 bits per heavy atom. The topological polar surface area (TPSA) is 17.1 Å². The van der Waals surface area contributed by atoms with Gasteiger partial charge in [-0.15, -0.1) is 0 Å². The second-order valence-corrected chi connectivity index (χ2v) is 6.62. The summed E-state index contributed by atoms with van der Waals surface area (Å²) in [5.74, 6) is 1.14. The van der Waals surface area contributed by atoms with Gasteiger partial charge >= 0.3 is 0 Å². The molecular formula is C10H13BrO. The Kier molecular flexibility index (Phi) is 0.980. The molecule has 0 radical (unpaired) electrons. The number of carbonyl (C=O) groups is 1. The number of hydrogen-bond donors (Lipinski definition) is 0. The standard InChI is InChI=1S/C10H13BrO/c1-8-4-3-6-9(8,2)5-10(6,11)7(8)12/h6H,3-5H2,1-2H3/t6-,8-,9-,10+/m0/s1. The Morgan fingerprint density at radius 3 is 2.50 bits per heavy atom. The number of alkyl halides is 1. The van der Waals surface area contributed by atoms with Crippen LogP contribution >= 0.6 is 15.9 Å². The minimum Gasteiger partial charge on any atom is -0.297 e. The van der Waals surface area contributed by atoms with Crippen molar-refractivity contribution in [3.8, 4) is 0 Å². The van der Waals surface area contributed by atoms with E-state index in [4.69, 9.17) is 0 Å². The monoisotopic (exact) mass is 228 g/mol. The van der Waals surface area contributed by atoms with Crippen LogP contribution in [-0.4, -0.2) is 10.1 Å². The third-order valence-electron chi connectivity index (χ3n) is 5.02. The lowest BCUT2D eigenvalue weighted by atomic mass is 9.60. The van der Waals surface area contributed by atoms with Gasteiger partial charge in [0.2, 0.25) is 0 Å². The summed E-state index contributed by atoms with van der Waals surface area (Å²) in [4.78, 5) is 12.0. The normalized spacial score (nSPS) is 66.9. The van der Waals surface area contributed by atoms with Crippen molar-refractivity contribution in [3.63, 3.8) is 0 Å². The van der Waals surface area contributed by atoms with Crippen LogP contribution in [0.5, 0.6) is 0 Å². The largest absolute Gasteiger partial charge is 0.297 e. The van der Waals surface area contributed by atoms with Crippen molar-refractivity contribution in [2.24, 2.45) is 16.7 Å². The molecule has 0 aromatic carbocycles. The predicted octanol–water partition coefficient (Wildman–Crippen LogP) is 2.53. The van der Waals surface area contributed by atoms with Gasteiger partial charge in [0.15, 0.2) is 5.78 Å². The van der Waals surface area contributed by atoms with Crippen molar-refractivity contribution in [1.82, 2.24) is 0 Å². The minimum atomic E-state index is -0.0885. The molecule has 0 N–H and O–H groups in total. The molecule has 66 valence electrons. The third kappa shape index (κ3) is 0.417. The van der Waals surface area contributed by atoms with Crippen LogP contribution < -0.4 is 0 Å². The number of Topliss-reactive ketones (excluding diaryl/α,β-unsaturated/α-hetero) is 1. The van der Waals surface area contributed by atoms with E-state index in [1.165, 1.54) is 6.42 Å². The van der Waals surface area contributed by atoms with Gasteiger partial charge < -0.3 is 0 Å². The maximum absolute atomic E-state index is 12.0. The van der Waals surface area contributed by atoms with Gasteiger partial charge in [0.05, 0.1) is 4.32 Å². The van der Waals surface area contributed by atoms with Crippen LogP contribution in [0.15, 0.2) is 0 Å². The fourth-order valence-electron chi connectivity index (χ4n) is 4.07. The Bertz CT molecular complexity index is 300. The van der Waals surface area contributed by atoms with Crippen molar-refractivity contribution >= 4 is 21.7 Å². The first-order valence-corrected chi connectivity index (χ1v) is 5.48. The maximum atomic E-state index is 12.0. The van der Waals surface area contributed by atoms with Crippen LogP contribution in [0.25, 0.3) is 0 Å². The summed E-state index contributed by atoms with van der Waals surface area (Å²) in [7, 11) is 0. The summed E-state index contributed by atoms with van der Waals surface area (Å²) in [6.07, 6.45) is 3.46. The van der Waals surface area contributed by atoms with E-state index in [9.17, 15) is 4.79 Å². The van der Waals surface area contributed by atoms with Gasteiger partial charge in [0.25, 0.3) is 0 Å². The average molecular weight is 229 g/mol. The van der Waals surface area contributed by atoms with Crippen LogP contribution in [-0.2, 0) is 4.79 Å². The fourth-order valence-corrected chi connectivity index (χ4v) is 5.82. The van der Waals surface area contributed by atoms with E-state index in [2.05, 4.69) is 29.8 Å². The van der Waals surface area contributed by atoms with Gasteiger partial charge in [-0.3, -0.25) is 4.79 Å². The Hall–Kier alpha value is 0.150. The second kappa shape index (κ2) is 1.56. The highest BCUT2D eigenvalue weighted by Crippen LogP contribution is 2.81. The zero-order chi connectivity index (χ0) is 8.78. The first kappa shape index (κ1) is 7.54. The Labute approximate surface area is 81.0 Å². The molecule has 0 spiro atoms. The summed E-state index contributed by atoms with van der Waals surface area (Å²) in [6, 6.07) is 0. The first-order valence-electron chi connectivity index (χ1n) is 4.69. The summed E-state index contributed by atoms with van der Waals surface area (Å²) in [6.45, 7) is 4.47. The van der Waals surface area contributed by atoms with Gasteiger partial charge in [0, 0.05) is 5.41 Å². The zero-order valence-electron chi connectivity index (χ0n) is 7.48. The molecule has 4 rings (SSSR count). The highest BCUT2D eigenvalue weighted by molar-refractivity contribution is 9.10. The van der Waals surface area contributed by atoms with Crippen molar-refractivity contribution in [3.05, 3.63) is 0 Å². The van der Waals surface area contributed by atoms with Crippen LogP contribution in [0.3, 0.4) is 0 Å². The summed E-state index contributed by atoms with van der Waals surface area (Å²) in [5.41, 5.74) is 0.356. The number of hydrogen-bond acceptors (Lipinski definition) is 1. The molecule has 4 atom stereocenters. The van der Waals surface area contributed by atoms with Crippen LogP contribution in [0.1, 0.15) is 33.1 Å². The molecule has 4 saturated carbocycles. The predicted molar refractivity (Wildman–Crippen MR) is 50.2 cm³/mol. The average Bonchev–Trinajstić information content (AvgIpc) is 2.30.